The minimum atomic E-state index is -0.322. The van der Waals surface area contributed by atoms with Gasteiger partial charge in [-0.2, -0.15) is 30.3 Å². The maximum absolute atomic E-state index is 10.8. The Kier molecular flexibility index (Phi) is 13.8. The van der Waals surface area contributed by atoms with E-state index in [1.807, 2.05) is 0 Å². The number of benzene rings is 1. The van der Waals surface area contributed by atoms with Crippen LogP contribution in [0.2, 0.25) is 0 Å². The van der Waals surface area contributed by atoms with Crippen molar-refractivity contribution in [2.75, 3.05) is 7.11 Å². The minimum Gasteiger partial charge on any atom is 2.00 e. The van der Waals surface area contributed by atoms with Crippen molar-refractivity contribution in [1.82, 2.24) is 0 Å². The average Bonchev–Trinajstić information content (AvgIpc) is 2.19. The van der Waals surface area contributed by atoms with Crippen LogP contribution in [0, 0.1) is 6.07 Å². The molecular weight excluding hydrogens is 328 g/mol. The summed E-state index contributed by atoms with van der Waals surface area (Å²) in [5.74, 6) is -0.322. The molecule has 14 heavy (non-hydrogen) atoms. The number of methoxy groups -OCH3 is 1. The van der Waals surface area contributed by atoms with Crippen molar-refractivity contribution < 1.29 is 42.1 Å². The quantitative estimate of drug-likeness (QED) is 0.448. The van der Waals surface area contributed by atoms with Gasteiger partial charge in [-0.05, 0) is 0 Å². The summed E-state index contributed by atoms with van der Waals surface area (Å²) in [4.78, 5) is 10.8. The van der Waals surface area contributed by atoms with Crippen molar-refractivity contribution in [2.24, 2.45) is 0 Å². The van der Waals surface area contributed by atoms with Crippen molar-refractivity contribution in [1.29, 1.82) is 0 Å². The zero-order valence-electron chi connectivity index (χ0n) is 7.39. The zero-order chi connectivity index (χ0) is 10.1. The molecule has 2 nitrogen and oxygen atoms in total. The molecule has 1 rings (SSSR count). The van der Waals surface area contributed by atoms with Crippen molar-refractivity contribution in [3.63, 3.8) is 0 Å². The van der Waals surface area contributed by atoms with Crippen molar-refractivity contribution in [2.45, 2.75) is 0 Å². The first kappa shape index (κ1) is 16.8. The fourth-order valence-corrected chi connectivity index (χ4v) is 0.638. The molecule has 0 amide bonds. The number of halogens is 2. The molecule has 0 aliphatic carbocycles. The third-order valence-corrected chi connectivity index (χ3v) is 1.13. The number of hydrogen-bond donors (Lipinski definition) is 0. The Labute approximate surface area is 111 Å². The molecule has 0 aromatic heterocycles. The van der Waals surface area contributed by atoms with E-state index in [-0.39, 0.29) is 25.4 Å². The monoisotopic (exact) mass is 332 g/mol. The van der Waals surface area contributed by atoms with Crippen LogP contribution in [0.3, 0.4) is 0 Å². The summed E-state index contributed by atoms with van der Waals surface area (Å²) < 4.78 is 4.48. The second kappa shape index (κ2) is 11.5. The van der Waals surface area contributed by atoms with Crippen molar-refractivity contribution in [3.8, 4) is 0 Å². The van der Waals surface area contributed by atoms with E-state index in [0.29, 0.717) is 5.56 Å². The van der Waals surface area contributed by atoms with E-state index in [4.69, 9.17) is 0 Å². The zero-order valence-corrected chi connectivity index (χ0v) is 12.8. The Balaban J connectivity index is 0. The molecule has 0 aliphatic rings. The summed E-state index contributed by atoms with van der Waals surface area (Å²) in [5, 5.41) is 0. The fraction of sp³-hybridized carbons (Fsp3) is 0.125. The van der Waals surface area contributed by atoms with Gasteiger partial charge in [0.2, 0.25) is 0 Å². The molecule has 0 saturated heterocycles. The molecule has 1 aromatic carbocycles. The summed E-state index contributed by atoms with van der Waals surface area (Å²) in [7, 11) is 10.7. The van der Waals surface area contributed by atoms with Crippen molar-refractivity contribution in [3.05, 3.63) is 35.9 Å². The SMILES string of the molecule is COC(=O)c1c[c-]ccc1.[Cl][Cu-][Cl].[Zn+2]. The van der Waals surface area contributed by atoms with Crippen LogP contribution in [0.4, 0.5) is 0 Å². The van der Waals surface area contributed by atoms with E-state index in [1.54, 1.807) is 24.3 Å². The maximum Gasteiger partial charge on any atom is 2.00 e. The van der Waals surface area contributed by atoms with Crippen LogP contribution in [0.15, 0.2) is 24.3 Å². The summed E-state index contributed by atoms with van der Waals surface area (Å²) >= 11 is 0.757. The van der Waals surface area contributed by atoms with Gasteiger partial charge in [0.05, 0.1) is 7.11 Å². The maximum atomic E-state index is 10.8. The van der Waals surface area contributed by atoms with Crippen LogP contribution in [-0.2, 0) is 37.3 Å². The predicted octanol–water partition coefficient (Wildman–Crippen LogP) is 2.65. The van der Waals surface area contributed by atoms with E-state index in [1.165, 1.54) is 7.11 Å². The van der Waals surface area contributed by atoms with Gasteiger partial charge in [-0.3, -0.25) is 4.79 Å². The fourth-order valence-electron chi connectivity index (χ4n) is 0.638. The molecule has 0 bridgehead atoms. The molecule has 6 heteroatoms. The van der Waals surface area contributed by atoms with Gasteiger partial charge in [-0.1, -0.05) is 5.56 Å². The number of hydrogen-bond acceptors (Lipinski definition) is 2. The first-order valence-corrected chi connectivity index (χ1v) is 5.71. The average molecular weight is 335 g/mol. The van der Waals surface area contributed by atoms with Gasteiger partial charge in [0.1, 0.15) is 0 Å². The summed E-state index contributed by atoms with van der Waals surface area (Å²) in [6, 6.07) is 9.52. The number of carbonyl (C=O) groups is 1. The van der Waals surface area contributed by atoms with Crippen molar-refractivity contribution >= 4 is 26.2 Å². The molecule has 0 fully saturated rings. The number of carbonyl (C=O) groups excluding carboxylic acids is 1. The van der Waals surface area contributed by atoms with Gasteiger partial charge in [-0.15, -0.1) is 0 Å². The summed E-state index contributed by atoms with van der Waals surface area (Å²) in [6.07, 6.45) is 0. The van der Waals surface area contributed by atoms with E-state index in [0.717, 1.165) is 13.1 Å². The van der Waals surface area contributed by atoms with E-state index >= 15 is 0 Å². The Morgan fingerprint density at radius 3 is 2.50 bits per heavy atom. The first-order chi connectivity index (χ1) is 6.26. The minimum absolute atomic E-state index is 0. The topological polar surface area (TPSA) is 26.3 Å². The Morgan fingerprint density at radius 1 is 1.57 bits per heavy atom. The van der Waals surface area contributed by atoms with Crippen LogP contribution in [0.1, 0.15) is 10.4 Å². The predicted molar refractivity (Wildman–Crippen MR) is 48.3 cm³/mol. The van der Waals surface area contributed by atoms with Crippen LogP contribution < -0.4 is 0 Å². The molecule has 0 atom stereocenters. The second-order valence-corrected chi connectivity index (χ2v) is 3.38. The van der Waals surface area contributed by atoms with Crippen LogP contribution in [0.5, 0.6) is 0 Å². The molecule has 0 N–H and O–H groups in total. The summed E-state index contributed by atoms with van der Waals surface area (Å²) in [5.41, 5.74) is 0.532. The van der Waals surface area contributed by atoms with Crippen LogP contribution in [0.25, 0.3) is 0 Å². The molecule has 0 spiro atoms. The van der Waals surface area contributed by atoms with Gasteiger partial charge >= 0.3 is 52.8 Å². The van der Waals surface area contributed by atoms with Crippen LogP contribution in [-0.4, -0.2) is 13.1 Å². The number of ether oxygens (including phenoxy) is 1. The van der Waals surface area contributed by atoms with Gasteiger partial charge in [-0.25, -0.2) is 0 Å². The van der Waals surface area contributed by atoms with Gasteiger partial charge < -0.3 is 4.74 Å². The molecule has 0 aliphatic heterocycles. The third kappa shape index (κ3) is 7.78. The largest absolute Gasteiger partial charge is 2.00 e. The number of esters is 1. The molecule has 78 valence electrons. The Bertz CT molecular complexity index is 246. The molecule has 0 radical (unpaired) electrons. The Hall–Kier alpha value is 0.413. The Morgan fingerprint density at radius 2 is 2.14 bits per heavy atom. The van der Waals surface area contributed by atoms with Crippen LogP contribution >= 0.6 is 20.2 Å². The smallest absolute Gasteiger partial charge is 2.00 e. The molecule has 0 saturated carbocycles. The van der Waals surface area contributed by atoms with E-state index < -0.39 is 0 Å². The summed E-state index contributed by atoms with van der Waals surface area (Å²) in [6.45, 7) is 0. The van der Waals surface area contributed by atoms with E-state index in [2.05, 4.69) is 31.0 Å². The molecule has 0 unspecified atom stereocenters. The first-order valence-electron chi connectivity index (χ1n) is 3.12. The molecule has 1 aromatic rings. The normalized spacial score (nSPS) is 7.93. The van der Waals surface area contributed by atoms with E-state index in [9.17, 15) is 4.79 Å². The standard InChI is InChI=1S/C8H7O2.2ClH.Cu.Zn/c1-10-8(9)7-5-3-2-4-6-7;;;;/h2-3,5-6H,1H3;2*1H;;/q-1;;;+1;+2/p-2. The second-order valence-electron chi connectivity index (χ2n) is 1.83. The van der Waals surface area contributed by atoms with Gasteiger partial charge in [0, 0.05) is 0 Å². The van der Waals surface area contributed by atoms with Gasteiger partial charge in [0.15, 0.2) is 0 Å². The van der Waals surface area contributed by atoms with Gasteiger partial charge in [0.25, 0.3) is 5.97 Å². The third-order valence-electron chi connectivity index (χ3n) is 1.13. The molecule has 0 heterocycles. The number of rotatable bonds is 1. The molecular formula is C8H7Cl2CuO2Zn.